The molecule has 0 unspecified atom stereocenters. The Hall–Kier alpha value is -0.790. The quantitative estimate of drug-likeness (QED) is 0.754. The summed E-state index contributed by atoms with van der Waals surface area (Å²) in [4.78, 5) is 25.0. The Bertz CT molecular complexity index is 601. The van der Waals surface area contributed by atoms with Gasteiger partial charge >= 0.3 is 0 Å². The monoisotopic (exact) mass is 405 g/mol. The number of hydrogen-bond acceptors (Lipinski definition) is 4. The number of phenols is 1. The molecule has 1 aromatic carbocycles. The first-order valence-electron chi connectivity index (χ1n) is 5.37. The Kier molecular flexibility index (Phi) is 4.37. The normalized spacial score (nSPS) is 17.6. The largest absolute Gasteiger partial charge is 0.506 e. The summed E-state index contributed by atoms with van der Waals surface area (Å²) in [6.07, 6.45) is 1.52. The molecule has 1 aromatic rings. The molecule has 1 heterocycles. The maximum atomic E-state index is 11.9. The Balaban J connectivity index is 2.43. The second kappa shape index (κ2) is 5.68. The molecule has 0 saturated carbocycles. The number of likely N-dealkylation sites (N-methyl/N-ethyl adjacent to an activating group) is 1. The first-order valence-corrected chi connectivity index (χ1v) is 7.77. The van der Waals surface area contributed by atoms with Crippen molar-refractivity contribution in [3.63, 3.8) is 0 Å². The third kappa shape index (κ3) is 2.88. The maximum Gasteiger partial charge on any atom is 0.293 e. The van der Waals surface area contributed by atoms with Crippen LogP contribution >= 0.6 is 43.6 Å². The molecular formula is C12H9Br2NO3S. The molecule has 0 atom stereocenters. The zero-order valence-electron chi connectivity index (χ0n) is 9.81. The van der Waals surface area contributed by atoms with Crippen molar-refractivity contribution in [2.24, 2.45) is 0 Å². The van der Waals surface area contributed by atoms with Gasteiger partial charge in [-0.25, -0.2) is 0 Å². The summed E-state index contributed by atoms with van der Waals surface area (Å²) in [7, 11) is 0. The fourth-order valence-electron chi connectivity index (χ4n) is 1.61. The third-order valence-electron chi connectivity index (χ3n) is 2.53. The van der Waals surface area contributed by atoms with E-state index in [1.54, 1.807) is 19.1 Å². The van der Waals surface area contributed by atoms with Crippen LogP contribution in [0.15, 0.2) is 26.0 Å². The number of halogens is 2. The van der Waals surface area contributed by atoms with Gasteiger partial charge in [0.25, 0.3) is 11.1 Å². The van der Waals surface area contributed by atoms with E-state index in [0.29, 0.717) is 21.5 Å². The van der Waals surface area contributed by atoms with Crippen LogP contribution in [0.5, 0.6) is 5.75 Å². The van der Waals surface area contributed by atoms with Crippen LogP contribution in [-0.4, -0.2) is 27.7 Å². The number of aromatic hydroxyl groups is 1. The number of carbonyl (C=O) groups is 2. The average Bonchev–Trinajstić information content (AvgIpc) is 2.60. The summed E-state index contributed by atoms with van der Waals surface area (Å²) in [5.41, 5.74) is 0.475. The molecule has 0 spiro atoms. The van der Waals surface area contributed by atoms with Crippen molar-refractivity contribution >= 4 is 60.8 Å². The summed E-state index contributed by atoms with van der Waals surface area (Å²) in [5.74, 6) is -0.292. The van der Waals surface area contributed by atoms with Crippen LogP contribution in [-0.2, 0) is 4.79 Å². The van der Waals surface area contributed by atoms with E-state index < -0.39 is 0 Å². The smallest absolute Gasteiger partial charge is 0.293 e. The second-order valence-electron chi connectivity index (χ2n) is 3.75. The Morgan fingerprint density at radius 1 is 1.37 bits per heavy atom. The van der Waals surface area contributed by atoms with Gasteiger partial charge in [0.05, 0.1) is 9.38 Å². The highest BCUT2D eigenvalue weighted by atomic mass is 79.9. The molecule has 2 rings (SSSR count). The van der Waals surface area contributed by atoms with Gasteiger partial charge in [-0.1, -0.05) is 15.9 Å². The van der Waals surface area contributed by atoms with E-state index in [4.69, 9.17) is 0 Å². The lowest BCUT2D eigenvalue weighted by molar-refractivity contribution is -0.122. The van der Waals surface area contributed by atoms with Crippen molar-refractivity contribution in [2.75, 3.05) is 6.54 Å². The van der Waals surface area contributed by atoms with Gasteiger partial charge in [-0.15, -0.1) is 0 Å². The molecule has 0 radical (unpaired) electrons. The molecule has 0 aromatic heterocycles. The molecule has 19 heavy (non-hydrogen) atoms. The highest BCUT2D eigenvalue weighted by molar-refractivity contribution is 9.11. The average molecular weight is 407 g/mol. The molecule has 0 bridgehead atoms. The van der Waals surface area contributed by atoms with E-state index in [9.17, 15) is 14.7 Å². The first kappa shape index (κ1) is 14.6. The lowest BCUT2D eigenvalue weighted by Gasteiger charge is -2.07. The van der Waals surface area contributed by atoms with Gasteiger partial charge in [0.15, 0.2) is 0 Å². The van der Waals surface area contributed by atoms with E-state index in [2.05, 4.69) is 31.9 Å². The van der Waals surface area contributed by atoms with Crippen molar-refractivity contribution in [2.45, 2.75) is 6.92 Å². The standard InChI is InChI=1S/C12H9Br2NO3S/c1-2-15-11(17)9(19-12(15)18)4-6-3-7(13)5-8(14)10(6)16/h3-5,16H,2H2,1H3/b9-4+. The van der Waals surface area contributed by atoms with Crippen molar-refractivity contribution in [3.8, 4) is 5.75 Å². The predicted octanol–water partition coefficient (Wildman–Crippen LogP) is 3.97. The third-order valence-corrected chi connectivity index (χ3v) is 4.50. The highest BCUT2D eigenvalue weighted by Crippen LogP contribution is 2.37. The molecule has 1 saturated heterocycles. The van der Waals surface area contributed by atoms with Crippen molar-refractivity contribution in [1.29, 1.82) is 0 Å². The number of phenolic OH excluding ortho intramolecular Hbond substituents is 1. The molecule has 2 amide bonds. The van der Waals surface area contributed by atoms with E-state index in [1.165, 1.54) is 11.0 Å². The molecule has 7 heteroatoms. The minimum atomic E-state index is -0.326. The summed E-state index contributed by atoms with van der Waals surface area (Å²) in [5, 5.41) is 9.64. The number of imide groups is 1. The van der Waals surface area contributed by atoms with E-state index in [0.717, 1.165) is 16.2 Å². The van der Waals surface area contributed by atoms with Gasteiger partial charge in [-0.05, 0) is 52.8 Å². The molecule has 1 N–H and O–H groups in total. The Morgan fingerprint density at radius 3 is 2.63 bits per heavy atom. The van der Waals surface area contributed by atoms with Gasteiger partial charge in [0.2, 0.25) is 0 Å². The van der Waals surface area contributed by atoms with Crippen LogP contribution in [0.1, 0.15) is 12.5 Å². The van der Waals surface area contributed by atoms with E-state index >= 15 is 0 Å². The lowest BCUT2D eigenvalue weighted by atomic mass is 10.2. The molecule has 1 fully saturated rings. The predicted molar refractivity (Wildman–Crippen MR) is 81.9 cm³/mol. The number of thioether (sulfide) groups is 1. The fraction of sp³-hybridized carbons (Fsp3) is 0.167. The Labute approximate surface area is 131 Å². The van der Waals surface area contributed by atoms with Crippen molar-refractivity contribution in [1.82, 2.24) is 4.90 Å². The number of amides is 2. The van der Waals surface area contributed by atoms with E-state index in [-0.39, 0.29) is 16.9 Å². The minimum Gasteiger partial charge on any atom is -0.506 e. The number of rotatable bonds is 2. The summed E-state index contributed by atoms with van der Waals surface area (Å²) in [6.45, 7) is 2.09. The zero-order chi connectivity index (χ0) is 14.2. The van der Waals surface area contributed by atoms with Crippen LogP contribution in [0, 0.1) is 0 Å². The van der Waals surface area contributed by atoms with Gasteiger partial charge in [0, 0.05) is 16.6 Å². The van der Waals surface area contributed by atoms with Crippen molar-refractivity contribution < 1.29 is 14.7 Å². The van der Waals surface area contributed by atoms with Crippen LogP contribution in [0.4, 0.5) is 4.79 Å². The summed E-state index contributed by atoms with van der Waals surface area (Å²) in [6, 6.07) is 3.38. The van der Waals surface area contributed by atoms with Crippen LogP contribution < -0.4 is 0 Å². The second-order valence-corrected chi connectivity index (χ2v) is 6.51. The van der Waals surface area contributed by atoms with Crippen LogP contribution in [0.25, 0.3) is 6.08 Å². The van der Waals surface area contributed by atoms with E-state index in [1.807, 2.05) is 0 Å². The van der Waals surface area contributed by atoms with Gasteiger partial charge < -0.3 is 5.11 Å². The molecule has 100 valence electrons. The molecule has 1 aliphatic heterocycles. The highest BCUT2D eigenvalue weighted by Gasteiger charge is 2.33. The first-order chi connectivity index (χ1) is 8.93. The fourth-order valence-corrected chi connectivity index (χ4v) is 3.76. The molecule has 4 nitrogen and oxygen atoms in total. The summed E-state index contributed by atoms with van der Waals surface area (Å²) >= 11 is 7.41. The molecule has 1 aliphatic rings. The molecule has 0 aliphatic carbocycles. The van der Waals surface area contributed by atoms with Gasteiger partial charge in [-0.2, -0.15) is 0 Å². The number of carbonyl (C=O) groups excluding carboxylic acids is 2. The maximum absolute atomic E-state index is 11.9. The number of hydrogen-bond donors (Lipinski definition) is 1. The van der Waals surface area contributed by atoms with Crippen molar-refractivity contribution in [3.05, 3.63) is 31.5 Å². The number of benzene rings is 1. The minimum absolute atomic E-state index is 0.0338. The molecular weight excluding hydrogens is 398 g/mol. The van der Waals surface area contributed by atoms with Crippen LogP contribution in [0.2, 0.25) is 0 Å². The lowest BCUT2D eigenvalue weighted by Crippen LogP contribution is -2.27. The SMILES string of the molecule is CCN1C(=O)S/C(=C/c2cc(Br)cc(Br)c2O)C1=O. The van der Waals surface area contributed by atoms with Crippen LogP contribution in [0.3, 0.4) is 0 Å². The van der Waals surface area contributed by atoms with Gasteiger partial charge in [-0.3, -0.25) is 14.5 Å². The Morgan fingerprint density at radius 2 is 2.05 bits per heavy atom. The number of nitrogens with zero attached hydrogens (tertiary/aromatic N) is 1. The summed E-state index contributed by atoms with van der Waals surface area (Å²) < 4.78 is 1.28. The van der Waals surface area contributed by atoms with Gasteiger partial charge in [0.1, 0.15) is 5.75 Å². The zero-order valence-corrected chi connectivity index (χ0v) is 13.8. The topological polar surface area (TPSA) is 57.6 Å².